The molecule has 2 rings (SSSR count). The molecule has 3 N–H and O–H groups in total. The van der Waals surface area contributed by atoms with Crippen molar-refractivity contribution in [2.24, 2.45) is 0 Å². The van der Waals surface area contributed by atoms with Crippen LogP contribution in [0, 0.1) is 0 Å². The van der Waals surface area contributed by atoms with Crippen LogP contribution in [-0.2, 0) is 4.79 Å². The second-order valence-corrected chi connectivity index (χ2v) is 4.14. The van der Waals surface area contributed by atoms with Gasteiger partial charge >= 0.3 is 0 Å². The van der Waals surface area contributed by atoms with Crippen LogP contribution >= 0.6 is 0 Å². The van der Waals surface area contributed by atoms with Crippen LogP contribution in [0.4, 0.5) is 0 Å². The van der Waals surface area contributed by atoms with E-state index in [4.69, 9.17) is 0 Å². The third-order valence-corrected chi connectivity index (χ3v) is 2.99. The van der Waals surface area contributed by atoms with Gasteiger partial charge in [-0.2, -0.15) is 0 Å². The van der Waals surface area contributed by atoms with E-state index < -0.39 is 11.9 Å². The minimum atomic E-state index is -0.620. The number of carbonyl (C=O) groups is 2. The molecule has 0 saturated carbocycles. The highest BCUT2D eigenvalue weighted by atomic mass is 16.3. The first-order chi connectivity index (χ1) is 8.52. The average Bonchev–Trinajstić information content (AvgIpc) is 2.32. The molecule has 1 saturated heterocycles. The molecule has 1 fully saturated rings. The molecular weight excluding hydrogens is 236 g/mol. The number of piperazine rings is 1. The van der Waals surface area contributed by atoms with Gasteiger partial charge in [0.2, 0.25) is 5.91 Å². The van der Waals surface area contributed by atoms with Crippen molar-refractivity contribution in [2.75, 3.05) is 13.1 Å². The Morgan fingerprint density at radius 2 is 2.00 bits per heavy atom. The highest BCUT2D eigenvalue weighted by molar-refractivity contribution is 6.02. The summed E-state index contributed by atoms with van der Waals surface area (Å²) >= 11 is 0. The van der Waals surface area contributed by atoms with Gasteiger partial charge in [-0.3, -0.25) is 9.59 Å². The monoisotopic (exact) mass is 250 g/mol. The highest BCUT2D eigenvalue weighted by Crippen LogP contribution is 2.28. The molecule has 0 spiro atoms. The molecule has 0 radical (unpaired) electrons. The highest BCUT2D eigenvalue weighted by Gasteiger charge is 2.32. The van der Waals surface area contributed by atoms with Crippen molar-refractivity contribution in [1.82, 2.24) is 10.2 Å². The second-order valence-electron chi connectivity index (χ2n) is 4.14. The number of amides is 2. The largest absolute Gasteiger partial charge is 0.507 e. The van der Waals surface area contributed by atoms with Gasteiger partial charge in [0.05, 0.1) is 0 Å². The Morgan fingerprint density at radius 1 is 1.39 bits per heavy atom. The van der Waals surface area contributed by atoms with Gasteiger partial charge in [-0.1, -0.05) is 6.07 Å². The van der Waals surface area contributed by atoms with Gasteiger partial charge in [0.25, 0.3) is 5.91 Å². The molecule has 96 valence electrons. The third-order valence-electron chi connectivity index (χ3n) is 2.99. The number of hydrogen-bond acceptors (Lipinski definition) is 4. The van der Waals surface area contributed by atoms with Crippen molar-refractivity contribution in [3.05, 3.63) is 23.8 Å². The van der Waals surface area contributed by atoms with Crippen LogP contribution in [0.25, 0.3) is 0 Å². The molecule has 1 aliphatic heterocycles. The SMILES string of the molecule is CC1C(=O)NCCN1C(=O)c1c(O)cccc1O. The summed E-state index contributed by atoms with van der Waals surface area (Å²) in [7, 11) is 0. The minimum Gasteiger partial charge on any atom is -0.507 e. The molecule has 2 amide bonds. The third kappa shape index (κ3) is 1.97. The Balaban J connectivity index is 2.34. The van der Waals surface area contributed by atoms with Gasteiger partial charge in [0.15, 0.2) is 0 Å². The van der Waals surface area contributed by atoms with Gasteiger partial charge in [-0.05, 0) is 19.1 Å². The van der Waals surface area contributed by atoms with E-state index in [1.54, 1.807) is 6.92 Å². The lowest BCUT2D eigenvalue weighted by atomic mass is 10.1. The Kier molecular flexibility index (Phi) is 3.10. The molecule has 1 heterocycles. The lowest BCUT2D eigenvalue weighted by molar-refractivity contribution is -0.127. The number of hydrogen-bond donors (Lipinski definition) is 3. The van der Waals surface area contributed by atoms with Crippen molar-refractivity contribution in [2.45, 2.75) is 13.0 Å². The average molecular weight is 250 g/mol. The number of rotatable bonds is 1. The normalized spacial score (nSPS) is 19.5. The smallest absolute Gasteiger partial charge is 0.262 e. The summed E-state index contributed by atoms with van der Waals surface area (Å²) in [5, 5.41) is 21.9. The van der Waals surface area contributed by atoms with Crippen molar-refractivity contribution < 1.29 is 19.8 Å². The van der Waals surface area contributed by atoms with Crippen LogP contribution in [0.2, 0.25) is 0 Å². The van der Waals surface area contributed by atoms with Gasteiger partial charge in [0, 0.05) is 13.1 Å². The lowest BCUT2D eigenvalue weighted by Gasteiger charge is -2.33. The van der Waals surface area contributed by atoms with E-state index in [-0.39, 0.29) is 23.0 Å². The number of phenols is 2. The number of phenolic OH excluding ortho intramolecular Hbond substituents is 2. The van der Waals surface area contributed by atoms with E-state index in [1.807, 2.05) is 0 Å². The molecule has 1 aromatic carbocycles. The molecule has 0 bridgehead atoms. The van der Waals surface area contributed by atoms with E-state index in [0.29, 0.717) is 13.1 Å². The number of benzene rings is 1. The molecular formula is C12H14N2O4. The Morgan fingerprint density at radius 3 is 2.61 bits per heavy atom. The van der Waals surface area contributed by atoms with Gasteiger partial charge in [-0.25, -0.2) is 0 Å². The van der Waals surface area contributed by atoms with Gasteiger partial charge in [-0.15, -0.1) is 0 Å². The van der Waals surface area contributed by atoms with E-state index in [0.717, 1.165) is 0 Å². The topological polar surface area (TPSA) is 89.9 Å². The van der Waals surface area contributed by atoms with Crippen molar-refractivity contribution in [3.8, 4) is 11.5 Å². The van der Waals surface area contributed by atoms with Crippen LogP contribution < -0.4 is 5.32 Å². The summed E-state index contributed by atoms with van der Waals surface area (Å²) in [6.07, 6.45) is 0. The van der Waals surface area contributed by atoms with E-state index in [1.165, 1.54) is 23.1 Å². The maximum atomic E-state index is 12.2. The van der Waals surface area contributed by atoms with Crippen LogP contribution in [0.15, 0.2) is 18.2 Å². The van der Waals surface area contributed by atoms with Crippen LogP contribution in [0.3, 0.4) is 0 Å². The fourth-order valence-electron chi connectivity index (χ4n) is 1.95. The summed E-state index contributed by atoms with van der Waals surface area (Å²) < 4.78 is 0. The second kappa shape index (κ2) is 4.56. The number of aromatic hydroxyl groups is 2. The van der Waals surface area contributed by atoms with E-state index in [2.05, 4.69) is 5.32 Å². The van der Waals surface area contributed by atoms with Crippen LogP contribution in [0.1, 0.15) is 17.3 Å². The van der Waals surface area contributed by atoms with Crippen LogP contribution in [-0.4, -0.2) is 46.1 Å². The summed E-state index contributed by atoms with van der Waals surface area (Å²) in [4.78, 5) is 25.0. The predicted octanol–water partition coefficient (Wildman–Crippen LogP) is 0.0583. The van der Waals surface area contributed by atoms with Crippen molar-refractivity contribution >= 4 is 11.8 Å². The Hall–Kier alpha value is -2.24. The maximum Gasteiger partial charge on any atom is 0.262 e. The molecule has 0 aromatic heterocycles. The predicted molar refractivity (Wildman–Crippen MR) is 63.3 cm³/mol. The quantitative estimate of drug-likeness (QED) is 0.657. The lowest BCUT2D eigenvalue weighted by Crippen LogP contribution is -2.55. The summed E-state index contributed by atoms with van der Waals surface area (Å²) in [6, 6.07) is 3.46. The van der Waals surface area contributed by atoms with Crippen molar-refractivity contribution in [1.29, 1.82) is 0 Å². The molecule has 18 heavy (non-hydrogen) atoms. The zero-order chi connectivity index (χ0) is 13.3. The molecule has 1 aromatic rings. The fraction of sp³-hybridized carbons (Fsp3) is 0.333. The molecule has 1 aliphatic rings. The fourth-order valence-corrected chi connectivity index (χ4v) is 1.95. The number of nitrogens with zero attached hydrogens (tertiary/aromatic N) is 1. The minimum absolute atomic E-state index is 0.168. The first-order valence-electron chi connectivity index (χ1n) is 5.62. The Labute approximate surface area is 104 Å². The van der Waals surface area contributed by atoms with Gasteiger partial charge < -0.3 is 20.4 Å². The van der Waals surface area contributed by atoms with E-state index in [9.17, 15) is 19.8 Å². The summed E-state index contributed by atoms with van der Waals surface area (Å²) in [5.41, 5.74) is -0.168. The molecule has 0 aliphatic carbocycles. The molecule has 6 nitrogen and oxygen atoms in total. The number of carbonyl (C=O) groups excluding carboxylic acids is 2. The molecule has 6 heteroatoms. The summed E-state index contributed by atoms with van der Waals surface area (Å²) in [6.45, 7) is 2.31. The van der Waals surface area contributed by atoms with Crippen LogP contribution in [0.5, 0.6) is 11.5 Å². The van der Waals surface area contributed by atoms with Crippen molar-refractivity contribution in [3.63, 3.8) is 0 Å². The Bertz CT molecular complexity index is 481. The molecule has 1 unspecified atom stereocenters. The standard InChI is InChI=1S/C12H14N2O4/c1-7-11(17)13-5-6-14(7)12(18)10-8(15)3-2-4-9(10)16/h2-4,7,15-16H,5-6H2,1H3,(H,13,17). The molecule has 1 atom stereocenters. The summed E-state index contributed by atoms with van der Waals surface area (Å²) in [5.74, 6) is -1.38. The zero-order valence-electron chi connectivity index (χ0n) is 9.88. The maximum absolute atomic E-state index is 12.2. The number of nitrogens with one attached hydrogen (secondary N) is 1. The van der Waals surface area contributed by atoms with Gasteiger partial charge in [0.1, 0.15) is 23.1 Å². The zero-order valence-corrected chi connectivity index (χ0v) is 9.88. The first kappa shape index (κ1) is 12.2. The van der Waals surface area contributed by atoms with E-state index >= 15 is 0 Å². The first-order valence-corrected chi connectivity index (χ1v) is 5.62.